The van der Waals surface area contributed by atoms with Gasteiger partial charge in [-0.15, -0.1) is 12.6 Å². The maximum absolute atomic E-state index is 11.0. The molecule has 0 aliphatic rings. The molecule has 0 saturated carbocycles. The lowest BCUT2D eigenvalue weighted by Gasteiger charge is -2.01. The van der Waals surface area contributed by atoms with Crippen LogP contribution in [0.2, 0.25) is 0 Å². The molecule has 1 rings (SSSR count). The summed E-state index contributed by atoms with van der Waals surface area (Å²) >= 11 is 4.06. The highest BCUT2D eigenvalue weighted by molar-refractivity contribution is 7.80. The summed E-state index contributed by atoms with van der Waals surface area (Å²) in [5.41, 5.74) is 0.919. The highest BCUT2D eigenvalue weighted by atomic mass is 32.1. The fraction of sp³-hybridized carbons (Fsp3) is 0.286. The molecule has 0 bridgehead atoms. The van der Waals surface area contributed by atoms with Crippen molar-refractivity contribution in [3.8, 4) is 0 Å². The summed E-state index contributed by atoms with van der Waals surface area (Å²) < 4.78 is 1.58. The molecule has 1 aromatic rings. The van der Waals surface area contributed by atoms with Gasteiger partial charge in [0.2, 0.25) is 0 Å². The van der Waals surface area contributed by atoms with Crippen molar-refractivity contribution in [2.75, 3.05) is 0 Å². The number of nitrogens with zero attached hydrogens (tertiary/aromatic N) is 1. The van der Waals surface area contributed by atoms with E-state index in [1.54, 1.807) is 11.6 Å². The molecule has 0 spiro atoms. The molecule has 1 aromatic heterocycles. The van der Waals surface area contributed by atoms with E-state index in [-0.39, 0.29) is 5.56 Å². The lowest BCUT2D eigenvalue weighted by molar-refractivity contribution is 0.808. The summed E-state index contributed by atoms with van der Waals surface area (Å²) in [6.45, 7) is 1.88. The van der Waals surface area contributed by atoms with Gasteiger partial charge < -0.3 is 4.57 Å². The van der Waals surface area contributed by atoms with Crippen LogP contribution < -0.4 is 5.56 Å². The van der Waals surface area contributed by atoms with E-state index in [0.29, 0.717) is 0 Å². The fourth-order valence-corrected chi connectivity index (χ4v) is 1.05. The van der Waals surface area contributed by atoms with Gasteiger partial charge >= 0.3 is 0 Å². The van der Waals surface area contributed by atoms with Gasteiger partial charge in [0.25, 0.3) is 5.56 Å². The second kappa shape index (κ2) is 2.50. The minimum Gasteiger partial charge on any atom is -0.316 e. The first-order valence-corrected chi connectivity index (χ1v) is 3.42. The predicted octanol–water partition coefficient (Wildman–Crippen LogP) is 0.982. The summed E-state index contributed by atoms with van der Waals surface area (Å²) in [6, 6.07) is 3.35. The maximum atomic E-state index is 11.0. The third-order valence-corrected chi connectivity index (χ3v) is 1.75. The topological polar surface area (TPSA) is 22.0 Å². The SMILES string of the molecule is Cc1cc(S)cc(=O)n1C. The number of thiol groups is 1. The molecule has 0 atom stereocenters. The fourth-order valence-electron chi connectivity index (χ4n) is 0.750. The first-order chi connectivity index (χ1) is 4.61. The largest absolute Gasteiger partial charge is 0.316 e. The van der Waals surface area contributed by atoms with E-state index in [1.807, 2.05) is 13.0 Å². The van der Waals surface area contributed by atoms with Crippen LogP contribution in [0.25, 0.3) is 0 Å². The molecule has 54 valence electrons. The zero-order chi connectivity index (χ0) is 7.72. The zero-order valence-electron chi connectivity index (χ0n) is 5.96. The van der Waals surface area contributed by atoms with Gasteiger partial charge in [-0.1, -0.05) is 0 Å². The Hall–Kier alpha value is -0.700. The highest BCUT2D eigenvalue weighted by Crippen LogP contribution is 2.02. The Bertz CT molecular complexity index is 303. The van der Waals surface area contributed by atoms with Gasteiger partial charge in [0, 0.05) is 23.7 Å². The number of hydrogen-bond donors (Lipinski definition) is 1. The lowest BCUT2D eigenvalue weighted by atomic mass is 10.4. The Morgan fingerprint density at radius 3 is 2.60 bits per heavy atom. The summed E-state index contributed by atoms with van der Waals surface area (Å²) in [5, 5.41) is 0. The quantitative estimate of drug-likeness (QED) is 0.554. The van der Waals surface area contributed by atoms with Crippen LogP contribution in [0.1, 0.15) is 5.69 Å². The van der Waals surface area contributed by atoms with E-state index in [9.17, 15) is 4.79 Å². The van der Waals surface area contributed by atoms with Crippen LogP contribution in [-0.4, -0.2) is 4.57 Å². The normalized spacial score (nSPS) is 9.90. The third kappa shape index (κ3) is 1.24. The molecular weight excluding hydrogens is 146 g/mol. The number of aryl methyl sites for hydroxylation is 1. The molecule has 0 fully saturated rings. The van der Waals surface area contributed by atoms with Crippen molar-refractivity contribution in [1.82, 2.24) is 4.57 Å². The van der Waals surface area contributed by atoms with Crippen LogP contribution >= 0.6 is 12.6 Å². The monoisotopic (exact) mass is 155 g/mol. The van der Waals surface area contributed by atoms with Gasteiger partial charge in [-0.3, -0.25) is 4.79 Å². The van der Waals surface area contributed by atoms with Crippen LogP contribution in [0.3, 0.4) is 0 Å². The Labute approximate surface area is 64.9 Å². The number of hydrogen-bond acceptors (Lipinski definition) is 2. The van der Waals surface area contributed by atoms with Crippen molar-refractivity contribution in [3.05, 3.63) is 28.2 Å². The van der Waals surface area contributed by atoms with Crippen LogP contribution in [0, 0.1) is 6.92 Å². The van der Waals surface area contributed by atoms with Gasteiger partial charge in [0.05, 0.1) is 0 Å². The summed E-state index contributed by atoms with van der Waals surface area (Å²) in [4.78, 5) is 11.7. The molecule has 0 unspecified atom stereocenters. The second-order valence-corrected chi connectivity index (χ2v) is 2.77. The van der Waals surface area contributed by atoms with Crippen LogP contribution in [0.5, 0.6) is 0 Å². The first-order valence-electron chi connectivity index (χ1n) is 2.98. The third-order valence-electron chi connectivity index (χ3n) is 1.49. The van der Waals surface area contributed by atoms with Gasteiger partial charge in [-0.25, -0.2) is 0 Å². The predicted molar refractivity (Wildman–Crippen MR) is 43.7 cm³/mol. The Morgan fingerprint density at radius 2 is 2.10 bits per heavy atom. The molecule has 1 heterocycles. The molecule has 0 saturated heterocycles. The molecule has 3 heteroatoms. The lowest BCUT2D eigenvalue weighted by Crippen LogP contribution is -2.17. The van der Waals surface area contributed by atoms with Crippen molar-refractivity contribution < 1.29 is 0 Å². The van der Waals surface area contributed by atoms with Crippen molar-refractivity contribution in [2.24, 2.45) is 7.05 Å². The van der Waals surface area contributed by atoms with Crippen LogP contribution in [0.15, 0.2) is 21.8 Å². The van der Waals surface area contributed by atoms with E-state index in [2.05, 4.69) is 12.6 Å². The average molecular weight is 155 g/mol. The Morgan fingerprint density at radius 1 is 1.50 bits per heavy atom. The van der Waals surface area contributed by atoms with E-state index >= 15 is 0 Å². The standard InChI is InChI=1S/C7H9NOS/c1-5-3-6(10)4-7(9)8(5)2/h3-4,10H,1-2H3. The molecule has 0 aromatic carbocycles. The van der Waals surface area contributed by atoms with Crippen LogP contribution in [-0.2, 0) is 7.05 Å². The van der Waals surface area contributed by atoms with Gasteiger partial charge in [-0.05, 0) is 13.0 Å². The summed E-state index contributed by atoms with van der Waals surface area (Å²) in [5.74, 6) is 0. The Kier molecular flexibility index (Phi) is 1.85. The minimum absolute atomic E-state index is 0.00926. The smallest absolute Gasteiger partial charge is 0.251 e. The van der Waals surface area contributed by atoms with E-state index in [4.69, 9.17) is 0 Å². The zero-order valence-corrected chi connectivity index (χ0v) is 6.85. The minimum atomic E-state index is -0.00926. The molecule has 2 nitrogen and oxygen atoms in total. The Balaban J connectivity index is 3.46. The van der Waals surface area contributed by atoms with Crippen molar-refractivity contribution >= 4 is 12.6 Å². The van der Waals surface area contributed by atoms with Crippen molar-refractivity contribution in [1.29, 1.82) is 0 Å². The van der Waals surface area contributed by atoms with Crippen LogP contribution in [0.4, 0.5) is 0 Å². The summed E-state index contributed by atoms with van der Waals surface area (Å²) in [7, 11) is 1.74. The van der Waals surface area contributed by atoms with Crippen molar-refractivity contribution in [2.45, 2.75) is 11.8 Å². The second-order valence-electron chi connectivity index (χ2n) is 2.25. The highest BCUT2D eigenvalue weighted by Gasteiger charge is 1.94. The summed E-state index contributed by atoms with van der Waals surface area (Å²) in [6.07, 6.45) is 0. The molecular formula is C7H9NOS. The molecule has 0 amide bonds. The first kappa shape index (κ1) is 7.41. The molecule has 0 aliphatic heterocycles. The average Bonchev–Trinajstić information content (AvgIpc) is 1.82. The molecule has 10 heavy (non-hydrogen) atoms. The number of pyridine rings is 1. The van der Waals surface area contributed by atoms with E-state index in [0.717, 1.165) is 10.6 Å². The molecule has 0 N–H and O–H groups in total. The number of aromatic nitrogens is 1. The number of rotatable bonds is 0. The molecule has 0 radical (unpaired) electrons. The maximum Gasteiger partial charge on any atom is 0.251 e. The van der Waals surface area contributed by atoms with E-state index in [1.165, 1.54) is 6.07 Å². The van der Waals surface area contributed by atoms with Gasteiger partial charge in [0.1, 0.15) is 0 Å². The van der Waals surface area contributed by atoms with Gasteiger partial charge in [-0.2, -0.15) is 0 Å². The van der Waals surface area contributed by atoms with E-state index < -0.39 is 0 Å². The molecule has 0 aliphatic carbocycles. The van der Waals surface area contributed by atoms with Crippen molar-refractivity contribution in [3.63, 3.8) is 0 Å². The van der Waals surface area contributed by atoms with Gasteiger partial charge in [0.15, 0.2) is 0 Å².